The lowest BCUT2D eigenvalue weighted by molar-refractivity contribution is 0.355. The third kappa shape index (κ3) is 1.76. The highest BCUT2D eigenvalue weighted by atomic mass is 16.5. The summed E-state index contributed by atoms with van der Waals surface area (Å²) in [4.78, 5) is 4.66. The number of hydrogen-bond acceptors (Lipinski definition) is 5. The van der Waals surface area contributed by atoms with Crippen LogP contribution in [0.3, 0.4) is 0 Å². The molecular formula is C18H15NO4. The van der Waals surface area contributed by atoms with Gasteiger partial charge >= 0.3 is 0 Å². The number of phenols is 1. The molecule has 0 atom stereocenters. The molecule has 0 radical (unpaired) electrons. The molecule has 0 aromatic heterocycles. The van der Waals surface area contributed by atoms with Crippen LogP contribution in [0.15, 0.2) is 29.3 Å². The maximum Gasteiger partial charge on any atom is 0.167 e. The molecule has 5 heteroatoms. The molecule has 2 aromatic rings. The van der Waals surface area contributed by atoms with Crippen LogP contribution in [0.5, 0.6) is 23.0 Å². The summed E-state index contributed by atoms with van der Waals surface area (Å²) in [5.74, 6) is 1.87. The normalized spacial score (nSPS) is 13.7. The fourth-order valence-electron chi connectivity index (χ4n) is 3.10. The Morgan fingerprint density at radius 3 is 2.30 bits per heavy atom. The van der Waals surface area contributed by atoms with Crippen LogP contribution in [0.25, 0.3) is 11.6 Å². The van der Waals surface area contributed by atoms with Crippen molar-refractivity contribution in [2.24, 2.45) is 4.99 Å². The quantitative estimate of drug-likeness (QED) is 0.944. The number of methoxy groups -OCH3 is 3. The lowest BCUT2D eigenvalue weighted by atomic mass is 10.0. The average Bonchev–Trinajstić information content (AvgIpc) is 3.09. The highest BCUT2D eigenvalue weighted by Crippen LogP contribution is 2.50. The number of allylic oxidation sites excluding steroid dienone is 1. The number of aromatic hydroxyl groups is 1. The summed E-state index contributed by atoms with van der Waals surface area (Å²) in [5.41, 5.74) is 5.12. The van der Waals surface area contributed by atoms with Gasteiger partial charge < -0.3 is 19.3 Å². The number of hydrogen-bond donors (Lipinski definition) is 1. The maximum absolute atomic E-state index is 10.4. The molecule has 4 rings (SSSR count). The summed E-state index contributed by atoms with van der Waals surface area (Å²) in [6, 6.07) is 7.39. The van der Waals surface area contributed by atoms with Crippen molar-refractivity contribution in [3.63, 3.8) is 0 Å². The highest BCUT2D eigenvalue weighted by Gasteiger charge is 2.32. The third-order valence-corrected chi connectivity index (χ3v) is 4.21. The second-order valence-electron chi connectivity index (χ2n) is 5.32. The number of ether oxygens (including phenoxy) is 3. The Kier molecular flexibility index (Phi) is 2.84. The molecule has 5 nitrogen and oxygen atoms in total. The van der Waals surface area contributed by atoms with E-state index in [1.165, 1.54) is 7.11 Å². The predicted octanol–water partition coefficient (Wildman–Crippen LogP) is 3.41. The predicted molar refractivity (Wildman–Crippen MR) is 88.3 cm³/mol. The molecule has 0 saturated carbocycles. The van der Waals surface area contributed by atoms with Crippen molar-refractivity contribution in [3.8, 4) is 23.0 Å². The molecule has 0 fully saturated rings. The van der Waals surface area contributed by atoms with Crippen LogP contribution in [0, 0.1) is 0 Å². The first-order chi connectivity index (χ1) is 11.2. The summed E-state index contributed by atoms with van der Waals surface area (Å²) in [6.07, 6.45) is 2.00. The molecule has 0 spiro atoms. The Morgan fingerprint density at radius 2 is 1.61 bits per heavy atom. The molecular weight excluding hydrogens is 294 g/mol. The Hall–Kier alpha value is -2.95. The Balaban J connectivity index is 1.91. The second-order valence-corrected chi connectivity index (χ2v) is 5.32. The minimum Gasteiger partial charge on any atom is -0.504 e. The highest BCUT2D eigenvalue weighted by molar-refractivity contribution is 6.43. The zero-order chi connectivity index (χ0) is 16.1. The van der Waals surface area contributed by atoms with Crippen LogP contribution >= 0.6 is 0 Å². The second kappa shape index (κ2) is 4.78. The fraction of sp³-hybridized carbons (Fsp3) is 0.167. The maximum atomic E-state index is 10.4. The molecule has 2 aliphatic rings. The largest absolute Gasteiger partial charge is 0.504 e. The zero-order valence-electron chi connectivity index (χ0n) is 13.0. The van der Waals surface area contributed by atoms with Crippen molar-refractivity contribution < 1.29 is 19.3 Å². The van der Waals surface area contributed by atoms with Gasteiger partial charge in [0.15, 0.2) is 23.0 Å². The van der Waals surface area contributed by atoms with Gasteiger partial charge in [0.2, 0.25) is 0 Å². The first kappa shape index (κ1) is 13.7. The molecule has 1 aliphatic heterocycles. The van der Waals surface area contributed by atoms with Gasteiger partial charge in [-0.05, 0) is 35.9 Å². The first-order valence-electron chi connectivity index (χ1n) is 7.15. The molecule has 23 heavy (non-hydrogen) atoms. The van der Waals surface area contributed by atoms with E-state index in [1.54, 1.807) is 20.3 Å². The van der Waals surface area contributed by atoms with Crippen LogP contribution in [0.1, 0.15) is 16.7 Å². The number of fused-ring (bicyclic) bond motifs is 5. The standard InChI is InChI=1S/C18H15NO4/c1-21-13-5-4-12-16(18(13)20)11-6-9-7-14(22-2)15(23-3)8-10(9)17(11)19-12/h4-8,20H,1-3H3. The number of nitrogens with zero attached hydrogens (tertiary/aromatic N) is 1. The van der Waals surface area contributed by atoms with Crippen molar-refractivity contribution in [1.29, 1.82) is 0 Å². The average molecular weight is 309 g/mol. The van der Waals surface area contributed by atoms with Gasteiger partial charge in [0.25, 0.3) is 0 Å². The molecule has 1 heterocycles. The lowest BCUT2D eigenvalue weighted by Gasteiger charge is -2.09. The number of aliphatic imine (C=N–C) groups is 1. The Labute approximate surface area is 133 Å². The van der Waals surface area contributed by atoms with Crippen LogP contribution in [0.4, 0.5) is 5.69 Å². The molecule has 0 unspecified atom stereocenters. The molecule has 1 aliphatic carbocycles. The first-order valence-corrected chi connectivity index (χ1v) is 7.15. The third-order valence-electron chi connectivity index (χ3n) is 4.21. The van der Waals surface area contributed by atoms with Gasteiger partial charge in [-0.15, -0.1) is 0 Å². The molecule has 0 bridgehead atoms. The van der Waals surface area contributed by atoms with E-state index in [0.717, 1.165) is 28.1 Å². The van der Waals surface area contributed by atoms with E-state index < -0.39 is 0 Å². The van der Waals surface area contributed by atoms with E-state index in [1.807, 2.05) is 24.3 Å². The van der Waals surface area contributed by atoms with Crippen LogP contribution in [0.2, 0.25) is 0 Å². The van der Waals surface area contributed by atoms with E-state index in [9.17, 15) is 5.11 Å². The van der Waals surface area contributed by atoms with Gasteiger partial charge in [-0.3, -0.25) is 0 Å². The summed E-state index contributed by atoms with van der Waals surface area (Å²) < 4.78 is 15.9. The van der Waals surface area contributed by atoms with Gasteiger partial charge in [-0.2, -0.15) is 0 Å². The lowest BCUT2D eigenvalue weighted by Crippen LogP contribution is -1.98. The van der Waals surface area contributed by atoms with E-state index in [2.05, 4.69) is 4.99 Å². The van der Waals surface area contributed by atoms with Crippen molar-refractivity contribution in [3.05, 3.63) is 41.0 Å². The molecule has 0 amide bonds. The SMILES string of the molecule is COc1cc2c(cc1OC)C1=Nc3ccc(OC)c(O)c3C1=C2. The summed E-state index contributed by atoms with van der Waals surface area (Å²) >= 11 is 0. The number of benzene rings is 2. The van der Waals surface area contributed by atoms with Crippen LogP contribution in [-0.2, 0) is 0 Å². The summed E-state index contributed by atoms with van der Waals surface area (Å²) in [5, 5.41) is 10.4. The molecule has 2 aromatic carbocycles. The summed E-state index contributed by atoms with van der Waals surface area (Å²) in [7, 11) is 4.75. The minimum atomic E-state index is 0.113. The van der Waals surface area contributed by atoms with Crippen molar-refractivity contribution >= 4 is 23.0 Å². The van der Waals surface area contributed by atoms with E-state index >= 15 is 0 Å². The van der Waals surface area contributed by atoms with Gasteiger partial charge in [0.1, 0.15) is 0 Å². The van der Waals surface area contributed by atoms with E-state index in [0.29, 0.717) is 22.8 Å². The van der Waals surface area contributed by atoms with Crippen molar-refractivity contribution in [2.75, 3.05) is 21.3 Å². The number of phenolic OH excluding ortho intramolecular Hbond substituents is 1. The summed E-state index contributed by atoms with van der Waals surface area (Å²) in [6.45, 7) is 0. The van der Waals surface area contributed by atoms with Gasteiger partial charge in [0.05, 0.1) is 38.3 Å². The van der Waals surface area contributed by atoms with Gasteiger partial charge in [-0.1, -0.05) is 0 Å². The topological polar surface area (TPSA) is 60.3 Å². The minimum absolute atomic E-state index is 0.113. The molecule has 1 N–H and O–H groups in total. The van der Waals surface area contributed by atoms with Gasteiger partial charge in [-0.25, -0.2) is 4.99 Å². The van der Waals surface area contributed by atoms with Crippen molar-refractivity contribution in [2.45, 2.75) is 0 Å². The Morgan fingerprint density at radius 1 is 0.913 bits per heavy atom. The van der Waals surface area contributed by atoms with Gasteiger partial charge in [0, 0.05) is 11.1 Å². The zero-order valence-corrected chi connectivity index (χ0v) is 13.0. The van der Waals surface area contributed by atoms with Crippen molar-refractivity contribution in [1.82, 2.24) is 0 Å². The fourth-order valence-corrected chi connectivity index (χ4v) is 3.10. The number of rotatable bonds is 3. The smallest absolute Gasteiger partial charge is 0.167 e. The monoisotopic (exact) mass is 309 g/mol. The van der Waals surface area contributed by atoms with E-state index in [-0.39, 0.29) is 5.75 Å². The molecule has 0 saturated heterocycles. The molecule has 116 valence electrons. The Bertz CT molecular complexity index is 896. The van der Waals surface area contributed by atoms with Crippen LogP contribution < -0.4 is 14.2 Å². The van der Waals surface area contributed by atoms with Crippen LogP contribution in [-0.4, -0.2) is 32.1 Å². The van der Waals surface area contributed by atoms with E-state index in [4.69, 9.17) is 14.2 Å².